The molecule has 0 atom stereocenters. The van der Waals surface area contributed by atoms with Gasteiger partial charge in [0.05, 0.1) is 18.3 Å². The number of halogens is 1. The topological polar surface area (TPSA) is 77.5 Å². The fourth-order valence-corrected chi connectivity index (χ4v) is 2.57. The van der Waals surface area contributed by atoms with Gasteiger partial charge in [-0.05, 0) is 30.3 Å². The monoisotopic (exact) mass is 348 g/mol. The Labute approximate surface area is 138 Å². The van der Waals surface area contributed by atoms with Crippen molar-refractivity contribution in [1.29, 1.82) is 0 Å². The summed E-state index contributed by atoms with van der Waals surface area (Å²) in [5.74, 6) is 0.673. The number of rotatable bonds is 5. The Kier molecular flexibility index (Phi) is 4.48. The van der Waals surface area contributed by atoms with Crippen molar-refractivity contribution in [3.63, 3.8) is 0 Å². The van der Waals surface area contributed by atoms with Crippen molar-refractivity contribution in [3.8, 4) is 17.2 Å². The van der Waals surface area contributed by atoms with Crippen molar-refractivity contribution < 1.29 is 22.3 Å². The van der Waals surface area contributed by atoms with E-state index in [9.17, 15) is 12.8 Å². The molecule has 0 fully saturated rings. The van der Waals surface area contributed by atoms with Crippen LogP contribution in [0.25, 0.3) is 10.9 Å². The fourth-order valence-electron chi connectivity index (χ4n) is 2.19. The molecule has 0 saturated carbocycles. The van der Waals surface area contributed by atoms with Crippen LogP contribution in [0.5, 0.6) is 17.2 Å². The molecule has 3 rings (SSSR count). The van der Waals surface area contributed by atoms with Gasteiger partial charge in [0.1, 0.15) is 17.2 Å². The molecule has 1 heterocycles. The Morgan fingerprint density at radius 2 is 1.88 bits per heavy atom. The van der Waals surface area contributed by atoms with Gasteiger partial charge in [-0.1, -0.05) is 0 Å². The first-order valence-corrected chi connectivity index (χ1v) is 8.06. The van der Waals surface area contributed by atoms with Gasteiger partial charge in [-0.15, -0.1) is 0 Å². The van der Waals surface area contributed by atoms with Crippen molar-refractivity contribution in [2.75, 3.05) is 11.8 Å². The van der Waals surface area contributed by atoms with E-state index in [2.05, 4.69) is 4.98 Å². The van der Waals surface area contributed by atoms with Gasteiger partial charge >= 0.3 is 0 Å². The number of nitrogens with zero attached hydrogens (tertiary/aromatic N) is 1. The first-order chi connectivity index (χ1) is 11.6. The smallest absolute Gasteiger partial charge is 0.222 e. The van der Waals surface area contributed by atoms with Crippen LogP contribution in [-0.4, -0.2) is 20.5 Å². The molecule has 0 radical (unpaired) electrons. The SMILES string of the molecule is COc1ccc2c(Oc3ccc(N[SH](=O)=O)c(F)c3)ccnc2c1. The minimum Gasteiger partial charge on any atom is -0.497 e. The number of hydrogen-bond donors (Lipinski definition) is 2. The summed E-state index contributed by atoms with van der Waals surface area (Å²) in [6, 6.07) is 10.9. The maximum atomic E-state index is 13.9. The molecule has 8 heteroatoms. The second-order valence-corrected chi connectivity index (χ2v) is 5.54. The molecular formula is C16H13FN2O4S. The van der Waals surface area contributed by atoms with Crippen molar-refractivity contribution >= 4 is 27.5 Å². The van der Waals surface area contributed by atoms with Crippen LogP contribution >= 0.6 is 0 Å². The van der Waals surface area contributed by atoms with Gasteiger partial charge in [-0.25, -0.2) is 12.8 Å². The molecule has 0 amide bonds. The van der Waals surface area contributed by atoms with Gasteiger partial charge in [-0.3, -0.25) is 9.71 Å². The predicted molar refractivity (Wildman–Crippen MR) is 88.7 cm³/mol. The standard InChI is InChI=1S/C16H13FN2O4S/c1-22-10-2-4-12-15(9-10)18-7-6-16(12)23-11-3-5-14(13(17)8-11)19-24(20)21/h2-9,24H,1H3,(H,19,20,21). The highest BCUT2D eigenvalue weighted by Crippen LogP contribution is 2.32. The molecule has 6 nitrogen and oxygen atoms in total. The van der Waals surface area contributed by atoms with Gasteiger partial charge in [0.2, 0.25) is 10.9 Å². The molecule has 1 N–H and O–H groups in total. The van der Waals surface area contributed by atoms with E-state index in [0.29, 0.717) is 17.0 Å². The number of aromatic nitrogens is 1. The van der Waals surface area contributed by atoms with Crippen molar-refractivity contribution in [2.24, 2.45) is 0 Å². The highest BCUT2D eigenvalue weighted by atomic mass is 32.2. The van der Waals surface area contributed by atoms with Crippen LogP contribution in [0.1, 0.15) is 0 Å². The Morgan fingerprint density at radius 1 is 1.08 bits per heavy atom. The highest BCUT2D eigenvalue weighted by Gasteiger charge is 2.09. The number of ether oxygens (including phenoxy) is 2. The summed E-state index contributed by atoms with van der Waals surface area (Å²) in [5, 5.41) is 0.739. The summed E-state index contributed by atoms with van der Waals surface area (Å²) in [6.07, 6.45) is 1.57. The van der Waals surface area contributed by atoms with Crippen LogP contribution in [0.4, 0.5) is 10.1 Å². The third kappa shape index (κ3) is 3.38. The number of anilines is 1. The van der Waals surface area contributed by atoms with Crippen LogP contribution in [0.15, 0.2) is 48.7 Å². The van der Waals surface area contributed by atoms with Gasteiger partial charge in [-0.2, -0.15) is 0 Å². The van der Waals surface area contributed by atoms with E-state index in [1.165, 1.54) is 12.1 Å². The van der Waals surface area contributed by atoms with Crippen molar-refractivity contribution in [2.45, 2.75) is 0 Å². The first kappa shape index (κ1) is 16.0. The maximum absolute atomic E-state index is 13.9. The second kappa shape index (κ2) is 6.71. The summed E-state index contributed by atoms with van der Waals surface area (Å²) in [4.78, 5) is 4.25. The summed E-state index contributed by atoms with van der Waals surface area (Å²) < 4.78 is 48.0. The molecule has 0 saturated heterocycles. The van der Waals surface area contributed by atoms with Crippen molar-refractivity contribution in [1.82, 2.24) is 4.98 Å². The summed E-state index contributed by atoms with van der Waals surface area (Å²) in [7, 11) is -1.37. The van der Waals surface area contributed by atoms with Gasteiger partial charge in [0.25, 0.3) is 0 Å². The molecule has 0 bridgehead atoms. The predicted octanol–water partition coefficient (Wildman–Crippen LogP) is 3.11. The van der Waals surface area contributed by atoms with E-state index >= 15 is 0 Å². The molecule has 0 aliphatic heterocycles. The molecule has 0 spiro atoms. The molecule has 0 aliphatic rings. The molecular weight excluding hydrogens is 335 g/mol. The number of benzene rings is 2. The fraction of sp³-hybridized carbons (Fsp3) is 0.0625. The minimum atomic E-state index is -2.93. The average Bonchev–Trinajstić information content (AvgIpc) is 2.57. The van der Waals surface area contributed by atoms with Crippen LogP contribution in [0.3, 0.4) is 0 Å². The van der Waals surface area contributed by atoms with E-state index in [1.807, 2.05) is 4.72 Å². The Morgan fingerprint density at radius 3 is 2.58 bits per heavy atom. The Balaban J connectivity index is 1.93. The quantitative estimate of drug-likeness (QED) is 0.693. The van der Waals surface area contributed by atoms with E-state index in [4.69, 9.17) is 9.47 Å². The van der Waals surface area contributed by atoms with Gasteiger partial charge < -0.3 is 9.47 Å². The van der Waals surface area contributed by atoms with E-state index < -0.39 is 16.7 Å². The number of pyridine rings is 1. The van der Waals surface area contributed by atoms with Crippen molar-refractivity contribution in [3.05, 3.63) is 54.5 Å². The number of hydrogen-bond acceptors (Lipinski definition) is 5. The Hall–Kier alpha value is -2.87. The molecule has 3 aromatic rings. The zero-order valence-electron chi connectivity index (χ0n) is 12.5. The highest BCUT2D eigenvalue weighted by molar-refractivity contribution is 7.73. The number of thiol groups is 1. The van der Waals surface area contributed by atoms with E-state index in [0.717, 1.165) is 11.5 Å². The number of fused-ring (bicyclic) bond motifs is 1. The summed E-state index contributed by atoms with van der Waals surface area (Å²) in [6.45, 7) is 0. The number of nitrogens with one attached hydrogen (secondary N) is 1. The molecule has 24 heavy (non-hydrogen) atoms. The second-order valence-electron chi connectivity index (χ2n) is 4.80. The van der Waals surface area contributed by atoms with Crippen LogP contribution in [0.2, 0.25) is 0 Å². The third-order valence-electron chi connectivity index (χ3n) is 3.29. The molecule has 124 valence electrons. The van der Waals surface area contributed by atoms with Gasteiger partial charge in [0, 0.05) is 23.7 Å². The zero-order chi connectivity index (χ0) is 17.1. The lowest BCUT2D eigenvalue weighted by atomic mass is 10.2. The lowest BCUT2D eigenvalue weighted by molar-refractivity contribution is 0.415. The lowest BCUT2D eigenvalue weighted by Gasteiger charge is -2.10. The number of methoxy groups -OCH3 is 1. The largest absolute Gasteiger partial charge is 0.497 e. The maximum Gasteiger partial charge on any atom is 0.222 e. The minimum absolute atomic E-state index is 0.136. The molecule has 2 aromatic carbocycles. The normalized spacial score (nSPS) is 10.8. The van der Waals surface area contributed by atoms with Crippen LogP contribution in [0, 0.1) is 5.82 Å². The summed E-state index contributed by atoms with van der Waals surface area (Å²) >= 11 is 0. The van der Waals surface area contributed by atoms with Crippen LogP contribution < -0.4 is 14.2 Å². The molecule has 1 aromatic heterocycles. The Bertz CT molecular complexity index is 967. The zero-order valence-corrected chi connectivity index (χ0v) is 13.4. The molecule has 0 aliphatic carbocycles. The van der Waals surface area contributed by atoms with Crippen LogP contribution in [-0.2, 0) is 10.9 Å². The average molecular weight is 348 g/mol. The van der Waals surface area contributed by atoms with E-state index in [1.54, 1.807) is 37.6 Å². The van der Waals surface area contributed by atoms with Gasteiger partial charge in [0.15, 0.2) is 5.82 Å². The van der Waals surface area contributed by atoms with E-state index in [-0.39, 0.29) is 11.4 Å². The lowest BCUT2D eigenvalue weighted by Crippen LogP contribution is -1.98. The first-order valence-electron chi connectivity index (χ1n) is 6.88. The third-order valence-corrected chi connectivity index (χ3v) is 3.71. The summed E-state index contributed by atoms with van der Waals surface area (Å²) in [5.41, 5.74) is 0.539. The molecule has 0 unspecified atom stereocenters.